The highest BCUT2D eigenvalue weighted by Gasteiger charge is 2.35. The number of fused-ring (bicyclic) bond motifs is 1. The third-order valence-electron chi connectivity index (χ3n) is 5.48. The first-order valence-electron chi connectivity index (χ1n) is 8.88. The molecule has 0 bridgehead atoms. The normalized spacial score (nSPS) is 17.7. The first-order valence-corrected chi connectivity index (χ1v) is 9.26. The summed E-state index contributed by atoms with van der Waals surface area (Å²) in [6.07, 6.45) is 6.44. The van der Waals surface area contributed by atoms with Gasteiger partial charge in [-0.2, -0.15) is 0 Å². The van der Waals surface area contributed by atoms with Crippen LogP contribution in [0.2, 0.25) is 5.02 Å². The molecule has 1 N–H and O–H groups in total. The van der Waals surface area contributed by atoms with Gasteiger partial charge < -0.3 is 10.0 Å². The Bertz CT molecular complexity index is 530. The first-order chi connectivity index (χ1) is 11.0. The van der Waals surface area contributed by atoms with Gasteiger partial charge in [0.2, 0.25) is 0 Å². The lowest BCUT2D eigenvalue weighted by atomic mass is 9.77. The second kappa shape index (κ2) is 7.85. The van der Waals surface area contributed by atoms with E-state index in [0.29, 0.717) is 17.1 Å². The lowest BCUT2D eigenvalue weighted by molar-refractivity contribution is 0.184. The number of hydrogen-bond donors (Lipinski definition) is 1. The van der Waals surface area contributed by atoms with Gasteiger partial charge >= 0.3 is 0 Å². The van der Waals surface area contributed by atoms with E-state index >= 15 is 0 Å². The minimum atomic E-state index is -0.625. The number of aliphatic hydroxyl groups is 1. The van der Waals surface area contributed by atoms with Crippen molar-refractivity contribution in [3.63, 3.8) is 0 Å². The minimum absolute atomic E-state index is 0.218. The molecule has 0 saturated carbocycles. The van der Waals surface area contributed by atoms with Crippen LogP contribution in [0.5, 0.6) is 0 Å². The summed E-state index contributed by atoms with van der Waals surface area (Å²) in [7, 11) is 0. The second-order valence-electron chi connectivity index (χ2n) is 6.88. The molecule has 0 spiro atoms. The fraction of sp³-hybridized carbons (Fsp3) is 0.684. The number of halogens is 2. The quantitative estimate of drug-likeness (QED) is 0.611. The van der Waals surface area contributed by atoms with Crippen LogP contribution in [0.15, 0.2) is 12.1 Å². The summed E-state index contributed by atoms with van der Waals surface area (Å²) in [4.78, 5) is 2.13. The summed E-state index contributed by atoms with van der Waals surface area (Å²) in [5, 5.41) is 10.7. The topological polar surface area (TPSA) is 23.5 Å². The van der Waals surface area contributed by atoms with Gasteiger partial charge in [0.25, 0.3) is 0 Å². The molecule has 2 rings (SSSR count). The molecule has 23 heavy (non-hydrogen) atoms. The van der Waals surface area contributed by atoms with Crippen molar-refractivity contribution < 1.29 is 9.50 Å². The fourth-order valence-electron chi connectivity index (χ4n) is 3.77. The highest BCUT2D eigenvalue weighted by molar-refractivity contribution is 6.32. The molecular weight excluding hydrogens is 313 g/mol. The highest BCUT2D eigenvalue weighted by Crippen LogP contribution is 2.43. The number of nitrogens with zero attached hydrogens (tertiary/aromatic N) is 1. The van der Waals surface area contributed by atoms with Gasteiger partial charge in [-0.1, -0.05) is 51.6 Å². The molecule has 0 radical (unpaired) electrons. The number of hydrogen-bond acceptors (Lipinski definition) is 2. The molecule has 1 aromatic rings. The van der Waals surface area contributed by atoms with Gasteiger partial charge in [0, 0.05) is 24.3 Å². The molecule has 0 aromatic heterocycles. The summed E-state index contributed by atoms with van der Waals surface area (Å²) in [6, 6.07) is 2.81. The Morgan fingerprint density at radius 2 is 1.96 bits per heavy atom. The standard InChI is InChI=1S/C19H29ClFNO/c1-4-7-8-9-19(5-2,6-3)13-22-12-17(23)18-15(20)10-14(21)11-16(18)22/h10-11,17,23H,4-9,12-13H2,1-3H3. The van der Waals surface area contributed by atoms with Crippen LogP contribution < -0.4 is 4.90 Å². The lowest BCUT2D eigenvalue weighted by Gasteiger charge is -2.37. The molecule has 1 aromatic carbocycles. The van der Waals surface area contributed by atoms with Crippen molar-refractivity contribution in [1.82, 2.24) is 0 Å². The lowest BCUT2D eigenvalue weighted by Crippen LogP contribution is -2.37. The van der Waals surface area contributed by atoms with Crippen molar-refractivity contribution in [2.45, 2.75) is 65.4 Å². The number of anilines is 1. The molecule has 1 unspecified atom stereocenters. The number of rotatable bonds is 8. The summed E-state index contributed by atoms with van der Waals surface area (Å²) in [5.74, 6) is -0.336. The van der Waals surface area contributed by atoms with Gasteiger partial charge in [0.05, 0.1) is 11.1 Å². The van der Waals surface area contributed by atoms with Crippen molar-refractivity contribution in [1.29, 1.82) is 0 Å². The molecule has 2 nitrogen and oxygen atoms in total. The molecule has 0 aliphatic carbocycles. The SMILES string of the molecule is CCCCCC(CC)(CC)CN1CC(O)c2c(Cl)cc(F)cc21. The molecule has 1 heterocycles. The summed E-state index contributed by atoms with van der Waals surface area (Å²) < 4.78 is 13.8. The van der Waals surface area contributed by atoms with E-state index in [1.165, 1.54) is 37.8 Å². The molecule has 0 fully saturated rings. The highest BCUT2D eigenvalue weighted by atomic mass is 35.5. The number of benzene rings is 1. The zero-order chi connectivity index (χ0) is 17.0. The van der Waals surface area contributed by atoms with Crippen LogP contribution in [0.4, 0.5) is 10.1 Å². The number of aliphatic hydroxyl groups excluding tert-OH is 1. The molecule has 1 aliphatic heterocycles. The monoisotopic (exact) mass is 341 g/mol. The van der Waals surface area contributed by atoms with E-state index in [4.69, 9.17) is 11.6 Å². The average Bonchev–Trinajstić information content (AvgIpc) is 2.82. The van der Waals surface area contributed by atoms with E-state index in [-0.39, 0.29) is 11.2 Å². The maximum Gasteiger partial charge on any atom is 0.126 e. The summed E-state index contributed by atoms with van der Waals surface area (Å²) in [6.45, 7) is 8.06. The van der Waals surface area contributed by atoms with Crippen molar-refractivity contribution >= 4 is 17.3 Å². The van der Waals surface area contributed by atoms with Crippen LogP contribution in [-0.2, 0) is 0 Å². The Morgan fingerprint density at radius 1 is 1.26 bits per heavy atom. The number of β-amino-alcohol motifs (C(OH)–C–C–N with tert-alkyl or cyclic N) is 1. The average molecular weight is 342 g/mol. The maximum absolute atomic E-state index is 13.8. The molecule has 0 saturated heterocycles. The van der Waals surface area contributed by atoms with E-state index in [9.17, 15) is 9.50 Å². The van der Waals surface area contributed by atoms with E-state index < -0.39 is 6.10 Å². The Kier molecular flexibility index (Phi) is 6.33. The maximum atomic E-state index is 13.8. The van der Waals surface area contributed by atoms with Gasteiger partial charge in [0.1, 0.15) is 5.82 Å². The van der Waals surface area contributed by atoms with Crippen LogP contribution in [0.25, 0.3) is 0 Å². The second-order valence-corrected chi connectivity index (χ2v) is 7.29. The van der Waals surface area contributed by atoms with Crippen LogP contribution in [0, 0.1) is 11.2 Å². The fourth-order valence-corrected chi connectivity index (χ4v) is 4.10. The van der Waals surface area contributed by atoms with E-state index in [1.54, 1.807) is 0 Å². The zero-order valence-corrected chi connectivity index (χ0v) is 15.3. The van der Waals surface area contributed by atoms with Gasteiger partial charge in [-0.15, -0.1) is 0 Å². The summed E-state index contributed by atoms with van der Waals surface area (Å²) in [5.41, 5.74) is 1.67. The van der Waals surface area contributed by atoms with Gasteiger partial charge in [-0.3, -0.25) is 0 Å². The Labute approximate surface area is 144 Å². The van der Waals surface area contributed by atoms with Crippen LogP contribution in [0.3, 0.4) is 0 Å². The van der Waals surface area contributed by atoms with Crippen molar-refractivity contribution in [3.05, 3.63) is 28.5 Å². The molecular formula is C19H29ClFNO. The third-order valence-corrected chi connectivity index (χ3v) is 5.79. The van der Waals surface area contributed by atoms with E-state index in [0.717, 1.165) is 25.1 Å². The van der Waals surface area contributed by atoms with Crippen molar-refractivity contribution in [2.75, 3.05) is 18.0 Å². The van der Waals surface area contributed by atoms with Crippen molar-refractivity contribution in [2.24, 2.45) is 5.41 Å². The largest absolute Gasteiger partial charge is 0.386 e. The summed E-state index contributed by atoms with van der Waals surface area (Å²) >= 11 is 6.15. The third kappa shape index (κ3) is 4.00. The van der Waals surface area contributed by atoms with Gasteiger partial charge in [0.15, 0.2) is 0 Å². The van der Waals surface area contributed by atoms with Crippen molar-refractivity contribution in [3.8, 4) is 0 Å². The zero-order valence-electron chi connectivity index (χ0n) is 14.5. The molecule has 4 heteroatoms. The molecule has 1 atom stereocenters. The molecule has 130 valence electrons. The predicted octanol–water partition coefficient (Wildman–Crippen LogP) is 5.72. The first kappa shape index (κ1) is 18.5. The van der Waals surface area contributed by atoms with Gasteiger partial charge in [-0.25, -0.2) is 4.39 Å². The smallest absolute Gasteiger partial charge is 0.126 e. The molecule has 0 amide bonds. The number of unbranched alkanes of at least 4 members (excludes halogenated alkanes) is 2. The predicted molar refractivity (Wildman–Crippen MR) is 95.7 cm³/mol. The molecule has 1 aliphatic rings. The van der Waals surface area contributed by atoms with Crippen LogP contribution >= 0.6 is 11.6 Å². The Morgan fingerprint density at radius 3 is 2.57 bits per heavy atom. The van der Waals surface area contributed by atoms with E-state index in [2.05, 4.69) is 25.7 Å². The Hall–Kier alpha value is -0.800. The van der Waals surface area contributed by atoms with Crippen LogP contribution in [0.1, 0.15) is 71.0 Å². The minimum Gasteiger partial charge on any atom is -0.386 e. The van der Waals surface area contributed by atoms with Gasteiger partial charge in [-0.05, 0) is 36.8 Å². The Balaban J connectivity index is 2.23. The van der Waals surface area contributed by atoms with E-state index in [1.807, 2.05) is 0 Å². The van der Waals surface area contributed by atoms with Crippen LogP contribution in [-0.4, -0.2) is 18.2 Å².